The lowest BCUT2D eigenvalue weighted by molar-refractivity contribution is 0.0701. The van der Waals surface area contributed by atoms with E-state index >= 15 is 0 Å². The molecule has 7 heteroatoms. The maximum atomic E-state index is 12.0. The molecule has 0 saturated carbocycles. The molecule has 100 valence electrons. The SMILES string of the molecule is Cc1nc(C)c(C(=O)Nc2cc(C)c(C(=O)O)s2)o1. The molecule has 0 aliphatic carbocycles. The Bertz CT molecular complexity index is 657. The number of oxazole rings is 1. The molecule has 0 unspecified atom stereocenters. The Morgan fingerprint density at radius 2 is 2.05 bits per heavy atom. The highest BCUT2D eigenvalue weighted by molar-refractivity contribution is 7.18. The number of nitrogens with zero attached hydrogens (tertiary/aromatic N) is 1. The summed E-state index contributed by atoms with van der Waals surface area (Å²) in [7, 11) is 0. The highest BCUT2D eigenvalue weighted by Crippen LogP contribution is 2.27. The number of aryl methyl sites for hydroxylation is 3. The van der Waals surface area contributed by atoms with E-state index in [0.29, 0.717) is 22.1 Å². The second-order valence-electron chi connectivity index (χ2n) is 4.03. The molecule has 2 aromatic heterocycles. The van der Waals surface area contributed by atoms with E-state index in [9.17, 15) is 9.59 Å². The van der Waals surface area contributed by atoms with Gasteiger partial charge in [-0.2, -0.15) is 0 Å². The van der Waals surface area contributed by atoms with Crippen LogP contribution in [0.15, 0.2) is 10.5 Å². The number of carboxylic acids is 1. The minimum Gasteiger partial charge on any atom is -0.477 e. The normalized spacial score (nSPS) is 10.5. The third-order valence-corrected chi connectivity index (χ3v) is 3.60. The van der Waals surface area contributed by atoms with Gasteiger partial charge in [-0.15, -0.1) is 11.3 Å². The van der Waals surface area contributed by atoms with Gasteiger partial charge in [-0.25, -0.2) is 9.78 Å². The molecule has 0 spiro atoms. The Morgan fingerprint density at radius 1 is 1.37 bits per heavy atom. The van der Waals surface area contributed by atoms with Gasteiger partial charge in [0.15, 0.2) is 5.89 Å². The number of amides is 1. The van der Waals surface area contributed by atoms with Crippen LogP contribution in [0.25, 0.3) is 0 Å². The highest BCUT2D eigenvalue weighted by Gasteiger charge is 2.18. The van der Waals surface area contributed by atoms with Crippen molar-refractivity contribution in [2.75, 3.05) is 5.32 Å². The maximum absolute atomic E-state index is 12.0. The predicted octanol–water partition coefficient (Wildman–Crippen LogP) is 2.61. The van der Waals surface area contributed by atoms with Gasteiger partial charge in [0.05, 0.1) is 10.7 Å². The number of aromatic nitrogens is 1. The molecule has 2 rings (SSSR count). The van der Waals surface area contributed by atoms with Gasteiger partial charge in [0.2, 0.25) is 5.76 Å². The predicted molar refractivity (Wildman–Crippen MR) is 69.9 cm³/mol. The average Bonchev–Trinajstić information content (AvgIpc) is 2.81. The van der Waals surface area contributed by atoms with Gasteiger partial charge in [0.25, 0.3) is 5.91 Å². The summed E-state index contributed by atoms with van der Waals surface area (Å²) in [6, 6.07) is 1.62. The molecule has 0 atom stereocenters. The van der Waals surface area contributed by atoms with E-state index in [-0.39, 0.29) is 10.6 Å². The molecule has 0 aliphatic heterocycles. The van der Waals surface area contributed by atoms with Gasteiger partial charge < -0.3 is 14.8 Å². The van der Waals surface area contributed by atoms with Gasteiger partial charge in [-0.05, 0) is 25.5 Å². The van der Waals surface area contributed by atoms with Crippen LogP contribution in [0.5, 0.6) is 0 Å². The highest BCUT2D eigenvalue weighted by atomic mass is 32.1. The second kappa shape index (κ2) is 4.85. The summed E-state index contributed by atoms with van der Waals surface area (Å²) < 4.78 is 5.20. The summed E-state index contributed by atoms with van der Waals surface area (Å²) >= 11 is 1.01. The quantitative estimate of drug-likeness (QED) is 0.901. The number of anilines is 1. The standard InChI is InChI=1S/C12H12N2O4S/c1-5-4-8(19-10(5)12(16)17)14-11(15)9-6(2)13-7(3)18-9/h4H,1-3H3,(H,14,15)(H,16,17). The zero-order valence-corrected chi connectivity index (χ0v) is 11.4. The third kappa shape index (κ3) is 2.65. The van der Waals surface area contributed by atoms with Crippen molar-refractivity contribution in [1.82, 2.24) is 4.98 Å². The van der Waals surface area contributed by atoms with E-state index in [0.717, 1.165) is 11.3 Å². The Balaban J connectivity index is 2.22. The molecule has 1 amide bonds. The zero-order chi connectivity index (χ0) is 14.2. The molecule has 0 aliphatic rings. The fourth-order valence-electron chi connectivity index (χ4n) is 1.67. The largest absolute Gasteiger partial charge is 0.477 e. The Labute approximate surface area is 113 Å². The van der Waals surface area contributed by atoms with Crippen molar-refractivity contribution >= 4 is 28.2 Å². The van der Waals surface area contributed by atoms with Crippen LogP contribution in [0.1, 0.15) is 37.4 Å². The molecule has 0 radical (unpaired) electrons. The number of hydrogen-bond donors (Lipinski definition) is 2. The van der Waals surface area contributed by atoms with E-state index < -0.39 is 11.9 Å². The summed E-state index contributed by atoms with van der Waals surface area (Å²) in [6.45, 7) is 5.01. The molecule has 19 heavy (non-hydrogen) atoms. The third-order valence-electron chi connectivity index (χ3n) is 2.46. The number of carboxylic acid groups (broad SMARTS) is 1. The number of thiophene rings is 1. The fraction of sp³-hybridized carbons (Fsp3) is 0.250. The first-order valence-electron chi connectivity index (χ1n) is 5.47. The minimum atomic E-state index is -1.00. The number of hydrogen-bond acceptors (Lipinski definition) is 5. The van der Waals surface area contributed by atoms with Crippen molar-refractivity contribution in [3.63, 3.8) is 0 Å². The summed E-state index contributed by atoms with van der Waals surface area (Å²) in [5.74, 6) is -0.886. The van der Waals surface area contributed by atoms with Crippen LogP contribution in [0.3, 0.4) is 0 Å². The summed E-state index contributed by atoms with van der Waals surface area (Å²) in [4.78, 5) is 27.1. The van der Waals surface area contributed by atoms with Gasteiger partial charge in [-0.3, -0.25) is 4.79 Å². The van der Waals surface area contributed by atoms with Crippen LogP contribution >= 0.6 is 11.3 Å². The Hall–Kier alpha value is -2.15. The van der Waals surface area contributed by atoms with Crippen LogP contribution < -0.4 is 5.32 Å². The van der Waals surface area contributed by atoms with Crippen molar-refractivity contribution in [2.24, 2.45) is 0 Å². The van der Waals surface area contributed by atoms with Crippen molar-refractivity contribution in [3.05, 3.63) is 33.9 Å². The molecule has 2 heterocycles. The lowest BCUT2D eigenvalue weighted by atomic mass is 10.3. The van der Waals surface area contributed by atoms with Crippen LogP contribution in [-0.4, -0.2) is 22.0 Å². The van der Waals surface area contributed by atoms with E-state index in [1.165, 1.54) is 0 Å². The number of rotatable bonds is 3. The van der Waals surface area contributed by atoms with Crippen LogP contribution in [0.2, 0.25) is 0 Å². The smallest absolute Gasteiger partial charge is 0.346 e. The molecule has 0 fully saturated rings. The Kier molecular flexibility index (Phi) is 3.39. The number of nitrogens with one attached hydrogen (secondary N) is 1. The lowest BCUT2D eigenvalue weighted by Crippen LogP contribution is -2.11. The number of aromatic carboxylic acids is 1. The van der Waals surface area contributed by atoms with Crippen molar-refractivity contribution in [1.29, 1.82) is 0 Å². The molecule has 6 nitrogen and oxygen atoms in total. The molecular weight excluding hydrogens is 268 g/mol. The topological polar surface area (TPSA) is 92.4 Å². The molecule has 0 bridgehead atoms. The van der Waals surface area contributed by atoms with Gasteiger partial charge in [0, 0.05) is 6.92 Å². The number of carbonyl (C=O) groups is 2. The van der Waals surface area contributed by atoms with Crippen molar-refractivity contribution in [2.45, 2.75) is 20.8 Å². The van der Waals surface area contributed by atoms with Crippen molar-refractivity contribution < 1.29 is 19.1 Å². The summed E-state index contributed by atoms with van der Waals surface area (Å²) in [6.07, 6.45) is 0. The summed E-state index contributed by atoms with van der Waals surface area (Å²) in [5.41, 5.74) is 1.11. The van der Waals surface area contributed by atoms with E-state index in [1.807, 2.05) is 0 Å². The molecule has 2 aromatic rings. The molecule has 0 aromatic carbocycles. The monoisotopic (exact) mass is 280 g/mol. The van der Waals surface area contributed by atoms with E-state index in [4.69, 9.17) is 9.52 Å². The van der Waals surface area contributed by atoms with E-state index in [2.05, 4.69) is 10.3 Å². The Morgan fingerprint density at radius 3 is 2.53 bits per heavy atom. The first-order valence-corrected chi connectivity index (χ1v) is 6.29. The minimum absolute atomic E-state index is 0.139. The second-order valence-corrected chi connectivity index (χ2v) is 5.08. The van der Waals surface area contributed by atoms with Crippen LogP contribution in [0, 0.1) is 20.8 Å². The first-order chi connectivity index (χ1) is 8.88. The van der Waals surface area contributed by atoms with E-state index in [1.54, 1.807) is 26.8 Å². The van der Waals surface area contributed by atoms with Gasteiger partial charge >= 0.3 is 5.97 Å². The molecular formula is C12H12N2O4S. The zero-order valence-electron chi connectivity index (χ0n) is 10.6. The van der Waals surface area contributed by atoms with Gasteiger partial charge in [-0.1, -0.05) is 0 Å². The van der Waals surface area contributed by atoms with Gasteiger partial charge in [0.1, 0.15) is 4.88 Å². The molecule has 0 saturated heterocycles. The first kappa shape index (κ1) is 13.3. The average molecular weight is 280 g/mol. The summed E-state index contributed by atoms with van der Waals surface area (Å²) in [5, 5.41) is 12.0. The van der Waals surface area contributed by atoms with Crippen LogP contribution in [0.4, 0.5) is 5.00 Å². The van der Waals surface area contributed by atoms with Crippen LogP contribution in [-0.2, 0) is 0 Å². The van der Waals surface area contributed by atoms with Crippen molar-refractivity contribution in [3.8, 4) is 0 Å². The lowest BCUT2D eigenvalue weighted by Gasteiger charge is -1.99. The molecule has 2 N–H and O–H groups in total. The number of carbonyl (C=O) groups excluding carboxylic acids is 1. The maximum Gasteiger partial charge on any atom is 0.346 e. The fourth-order valence-corrected chi connectivity index (χ4v) is 2.57.